The van der Waals surface area contributed by atoms with Gasteiger partial charge in [-0.15, -0.1) is 0 Å². The Morgan fingerprint density at radius 2 is 1.86 bits per heavy atom. The van der Waals surface area contributed by atoms with Crippen molar-refractivity contribution in [2.45, 2.75) is 24.8 Å². The highest BCUT2D eigenvalue weighted by atomic mass is 32.2. The highest BCUT2D eigenvalue weighted by Crippen LogP contribution is 2.32. The number of sulfonamides is 1. The lowest BCUT2D eigenvalue weighted by molar-refractivity contribution is 0.0798. The molecule has 1 aromatic heterocycles. The second-order valence-electron chi connectivity index (χ2n) is 7.10. The molecule has 2 heterocycles. The van der Waals surface area contributed by atoms with Gasteiger partial charge in [0.25, 0.3) is 0 Å². The van der Waals surface area contributed by atoms with Crippen molar-refractivity contribution in [3.63, 3.8) is 0 Å². The van der Waals surface area contributed by atoms with E-state index in [1.165, 1.54) is 4.31 Å². The lowest BCUT2D eigenvalue weighted by Crippen LogP contribution is -2.41. The highest BCUT2D eigenvalue weighted by Gasteiger charge is 2.29. The Labute approximate surface area is 169 Å². The topological polar surface area (TPSA) is 81.9 Å². The fourth-order valence-corrected chi connectivity index (χ4v) is 4.69. The maximum absolute atomic E-state index is 13.2. The van der Waals surface area contributed by atoms with E-state index in [0.29, 0.717) is 28.4 Å². The number of nitrogens with zero attached hydrogens (tertiary/aromatic N) is 2. The molecule has 0 saturated carbocycles. The van der Waals surface area contributed by atoms with Gasteiger partial charge in [-0.2, -0.15) is 4.31 Å². The molecule has 3 aromatic rings. The standard InChI is InChI=1S/C21H22N2O5S/c1-14-8-9-16(20-10-15(2)22-28-20)11-21(14)29(24,25)23(3)12-17-13-26-18-6-4-5-7-19(18)27-17/h4-11,17H,12-13H2,1-3H3/t17-/m0/s1. The van der Waals surface area contributed by atoms with E-state index in [2.05, 4.69) is 5.16 Å². The van der Waals surface area contributed by atoms with Crippen molar-refractivity contribution in [1.29, 1.82) is 0 Å². The normalized spacial score (nSPS) is 16.2. The molecule has 1 atom stereocenters. The van der Waals surface area contributed by atoms with Gasteiger partial charge in [-0.05, 0) is 37.6 Å². The molecule has 0 fully saturated rings. The first-order valence-electron chi connectivity index (χ1n) is 9.24. The average molecular weight is 414 g/mol. The smallest absolute Gasteiger partial charge is 0.243 e. The molecule has 29 heavy (non-hydrogen) atoms. The van der Waals surface area contributed by atoms with Crippen molar-refractivity contribution in [2.75, 3.05) is 20.2 Å². The minimum Gasteiger partial charge on any atom is -0.486 e. The second kappa shape index (κ2) is 7.53. The predicted molar refractivity (Wildman–Crippen MR) is 108 cm³/mol. The van der Waals surface area contributed by atoms with Crippen LogP contribution in [0, 0.1) is 13.8 Å². The number of ether oxygens (including phenoxy) is 2. The average Bonchev–Trinajstić information content (AvgIpc) is 3.14. The van der Waals surface area contributed by atoms with Crippen LogP contribution in [0.3, 0.4) is 0 Å². The van der Waals surface area contributed by atoms with E-state index < -0.39 is 16.1 Å². The molecular formula is C21H22N2O5S. The minimum absolute atomic E-state index is 0.168. The van der Waals surface area contributed by atoms with Crippen LogP contribution in [0.15, 0.2) is 57.9 Å². The lowest BCUT2D eigenvalue weighted by atomic mass is 10.1. The molecule has 1 aliphatic heterocycles. The van der Waals surface area contributed by atoms with E-state index in [1.807, 2.05) is 37.3 Å². The summed E-state index contributed by atoms with van der Waals surface area (Å²) in [6.07, 6.45) is -0.398. The van der Waals surface area contributed by atoms with E-state index in [0.717, 1.165) is 5.69 Å². The first kappa shape index (κ1) is 19.5. The molecule has 1 aliphatic rings. The Kier molecular flexibility index (Phi) is 5.06. The summed E-state index contributed by atoms with van der Waals surface area (Å²) in [5.41, 5.74) is 2.05. The third kappa shape index (κ3) is 3.86. The first-order valence-corrected chi connectivity index (χ1v) is 10.7. The van der Waals surface area contributed by atoms with Gasteiger partial charge in [-0.3, -0.25) is 0 Å². The number of likely N-dealkylation sites (N-methyl/N-ethyl adjacent to an activating group) is 1. The Balaban J connectivity index is 1.56. The summed E-state index contributed by atoms with van der Waals surface area (Å²) in [5, 5.41) is 3.87. The molecule has 8 heteroatoms. The third-order valence-electron chi connectivity index (χ3n) is 4.82. The molecule has 152 valence electrons. The van der Waals surface area contributed by atoms with Crippen LogP contribution < -0.4 is 9.47 Å². The highest BCUT2D eigenvalue weighted by molar-refractivity contribution is 7.89. The van der Waals surface area contributed by atoms with Crippen LogP contribution in [0.5, 0.6) is 11.5 Å². The quantitative estimate of drug-likeness (QED) is 0.636. The van der Waals surface area contributed by atoms with Crippen LogP contribution in [-0.4, -0.2) is 44.2 Å². The monoisotopic (exact) mass is 414 g/mol. The zero-order valence-corrected chi connectivity index (χ0v) is 17.3. The van der Waals surface area contributed by atoms with Gasteiger partial charge in [0.05, 0.1) is 17.1 Å². The van der Waals surface area contributed by atoms with E-state index in [-0.39, 0.29) is 18.0 Å². The summed E-state index contributed by atoms with van der Waals surface area (Å²) in [7, 11) is -2.19. The number of para-hydroxylation sites is 2. The summed E-state index contributed by atoms with van der Waals surface area (Å²) < 4.78 is 44.7. The summed E-state index contributed by atoms with van der Waals surface area (Å²) in [6.45, 7) is 4.04. The molecular weight excluding hydrogens is 392 g/mol. The molecule has 0 aliphatic carbocycles. The maximum Gasteiger partial charge on any atom is 0.243 e. The van der Waals surface area contributed by atoms with Gasteiger partial charge >= 0.3 is 0 Å². The number of fused-ring (bicyclic) bond motifs is 1. The van der Waals surface area contributed by atoms with E-state index in [9.17, 15) is 8.42 Å². The van der Waals surface area contributed by atoms with Crippen molar-refractivity contribution in [1.82, 2.24) is 9.46 Å². The first-order chi connectivity index (χ1) is 13.8. The Bertz CT molecular complexity index is 1140. The summed E-state index contributed by atoms with van der Waals surface area (Å²) in [4.78, 5) is 0.226. The molecule has 0 amide bonds. The van der Waals surface area contributed by atoms with Gasteiger partial charge in [0.15, 0.2) is 17.3 Å². The van der Waals surface area contributed by atoms with E-state index in [1.54, 1.807) is 32.2 Å². The molecule has 0 spiro atoms. The number of benzene rings is 2. The van der Waals surface area contributed by atoms with E-state index >= 15 is 0 Å². The molecule has 0 radical (unpaired) electrons. The Hall–Kier alpha value is -2.84. The zero-order chi connectivity index (χ0) is 20.6. The van der Waals surface area contributed by atoms with Crippen LogP contribution in [-0.2, 0) is 10.0 Å². The van der Waals surface area contributed by atoms with Crippen molar-refractivity contribution < 1.29 is 22.4 Å². The van der Waals surface area contributed by atoms with Crippen LogP contribution in [0.25, 0.3) is 11.3 Å². The van der Waals surface area contributed by atoms with Crippen molar-refractivity contribution in [2.24, 2.45) is 0 Å². The van der Waals surface area contributed by atoms with Crippen LogP contribution in [0.4, 0.5) is 0 Å². The maximum atomic E-state index is 13.2. The molecule has 2 aromatic carbocycles. The van der Waals surface area contributed by atoms with Crippen LogP contribution >= 0.6 is 0 Å². The summed E-state index contributed by atoms with van der Waals surface area (Å²) in [6, 6.07) is 14.3. The molecule has 0 N–H and O–H groups in total. The summed E-state index contributed by atoms with van der Waals surface area (Å²) >= 11 is 0. The number of rotatable bonds is 5. The van der Waals surface area contributed by atoms with Gasteiger partial charge in [0.2, 0.25) is 10.0 Å². The Morgan fingerprint density at radius 1 is 1.10 bits per heavy atom. The van der Waals surface area contributed by atoms with E-state index in [4.69, 9.17) is 14.0 Å². The Morgan fingerprint density at radius 3 is 2.59 bits per heavy atom. The van der Waals surface area contributed by atoms with Gasteiger partial charge in [0.1, 0.15) is 12.7 Å². The lowest BCUT2D eigenvalue weighted by Gasteiger charge is -2.29. The van der Waals surface area contributed by atoms with Crippen LogP contribution in [0.2, 0.25) is 0 Å². The fourth-order valence-electron chi connectivity index (χ4n) is 3.24. The van der Waals surface area contributed by atoms with Gasteiger partial charge in [-0.25, -0.2) is 8.42 Å². The SMILES string of the molecule is Cc1cc(-c2ccc(C)c(S(=O)(=O)N(C)C[C@H]3COc4ccccc4O3)c2)on1. The molecule has 4 rings (SSSR count). The third-order valence-corrected chi connectivity index (χ3v) is 6.78. The number of hydrogen-bond donors (Lipinski definition) is 0. The second-order valence-corrected chi connectivity index (χ2v) is 9.11. The van der Waals surface area contributed by atoms with Crippen molar-refractivity contribution in [3.05, 3.63) is 59.8 Å². The summed E-state index contributed by atoms with van der Waals surface area (Å²) in [5.74, 6) is 1.82. The largest absolute Gasteiger partial charge is 0.486 e. The molecule has 0 bridgehead atoms. The predicted octanol–water partition coefficient (Wildman–Crippen LogP) is 3.42. The number of hydrogen-bond acceptors (Lipinski definition) is 6. The van der Waals surface area contributed by atoms with Crippen LogP contribution in [0.1, 0.15) is 11.3 Å². The van der Waals surface area contributed by atoms with Gasteiger partial charge < -0.3 is 14.0 Å². The van der Waals surface area contributed by atoms with Crippen molar-refractivity contribution in [3.8, 4) is 22.8 Å². The molecule has 0 unspecified atom stereocenters. The molecule has 0 saturated heterocycles. The minimum atomic E-state index is -3.73. The number of aryl methyl sites for hydroxylation is 2. The van der Waals surface area contributed by atoms with Gasteiger partial charge in [0, 0.05) is 18.7 Å². The zero-order valence-electron chi connectivity index (χ0n) is 16.5. The van der Waals surface area contributed by atoms with Crippen molar-refractivity contribution >= 4 is 10.0 Å². The molecule has 7 nitrogen and oxygen atoms in total. The number of aromatic nitrogens is 1. The van der Waals surface area contributed by atoms with Gasteiger partial charge in [-0.1, -0.05) is 29.4 Å². The fraction of sp³-hybridized carbons (Fsp3) is 0.286.